The second-order valence-electron chi connectivity index (χ2n) is 6.44. The van der Waals surface area contributed by atoms with Gasteiger partial charge < -0.3 is 10.2 Å². The summed E-state index contributed by atoms with van der Waals surface area (Å²) >= 11 is 1.42. The third kappa shape index (κ3) is 4.09. The highest BCUT2D eigenvalue weighted by Gasteiger charge is 2.25. The lowest BCUT2D eigenvalue weighted by Crippen LogP contribution is -2.31. The van der Waals surface area contributed by atoms with Crippen LogP contribution in [0, 0.1) is 6.92 Å². The Balaban J connectivity index is 1.90. The number of anilines is 1. The standard InChI is InChI=1S/C19H25N5OS/c1-4-11-20-17(25)15(3)26-19-22-21-18(23-12-5-6-13-23)24(19)16-9-7-14(2)8-10-16/h4,7-10,15H,1,5-6,11-13H2,2-3H3,(H,20,25). The summed E-state index contributed by atoms with van der Waals surface area (Å²) in [7, 11) is 0. The zero-order valence-electron chi connectivity index (χ0n) is 15.3. The van der Waals surface area contributed by atoms with E-state index in [9.17, 15) is 4.79 Å². The number of thioether (sulfide) groups is 1. The van der Waals surface area contributed by atoms with Crippen LogP contribution in [-0.2, 0) is 4.79 Å². The first-order valence-corrected chi connectivity index (χ1v) is 9.81. The lowest BCUT2D eigenvalue weighted by molar-refractivity contribution is -0.120. The fraction of sp³-hybridized carbons (Fsp3) is 0.421. The topological polar surface area (TPSA) is 63.1 Å². The molecule has 0 saturated carbocycles. The maximum Gasteiger partial charge on any atom is 0.233 e. The van der Waals surface area contributed by atoms with Crippen LogP contribution < -0.4 is 10.2 Å². The number of benzene rings is 1. The summed E-state index contributed by atoms with van der Waals surface area (Å²) < 4.78 is 2.06. The molecule has 0 radical (unpaired) electrons. The van der Waals surface area contributed by atoms with E-state index < -0.39 is 0 Å². The molecule has 1 atom stereocenters. The third-order valence-corrected chi connectivity index (χ3v) is 5.41. The fourth-order valence-corrected chi connectivity index (χ4v) is 3.80. The molecule has 2 aromatic rings. The van der Waals surface area contributed by atoms with Crippen molar-refractivity contribution in [1.82, 2.24) is 20.1 Å². The van der Waals surface area contributed by atoms with Crippen LogP contribution in [0.2, 0.25) is 0 Å². The highest BCUT2D eigenvalue weighted by molar-refractivity contribution is 8.00. The number of aryl methyl sites for hydroxylation is 1. The second kappa shape index (κ2) is 8.40. The Hall–Kier alpha value is -2.28. The zero-order chi connectivity index (χ0) is 18.5. The normalized spacial score (nSPS) is 15.1. The molecule has 3 rings (SSSR count). The highest BCUT2D eigenvalue weighted by atomic mass is 32.2. The number of amides is 1. The van der Waals surface area contributed by atoms with E-state index >= 15 is 0 Å². The van der Waals surface area contributed by atoms with E-state index in [2.05, 4.69) is 62.7 Å². The summed E-state index contributed by atoms with van der Waals surface area (Å²) in [5.41, 5.74) is 2.22. The van der Waals surface area contributed by atoms with Crippen LogP contribution in [0.1, 0.15) is 25.3 Å². The maximum atomic E-state index is 12.2. The molecule has 0 spiro atoms. The van der Waals surface area contributed by atoms with Crippen molar-refractivity contribution >= 4 is 23.6 Å². The van der Waals surface area contributed by atoms with Gasteiger partial charge in [-0.3, -0.25) is 9.36 Å². The van der Waals surface area contributed by atoms with Crippen molar-refractivity contribution in [2.24, 2.45) is 0 Å². The molecule has 1 fully saturated rings. The molecule has 1 aliphatic heterocycles. The van der Waals surface area contributed by atoms with E-state index in [-0.39, 0.29) is 11.2 Å². The molecule has 7 heteroatoms. The van der Waals surface area contributed by atoms with Crippen LogP contribution in [0.25, 0.3) is 5.69 Å². The molecule has 26 heavy (non-hydrogen) atoms. The minimum Gasteiger partial charge on any atom is -0.352 e. The molecule has 1 unspecified atom stereocenters. The van der Waals surface area contributed by atoms with Gasteiger partial charge in [-0.2, -0.15) is 0 Å². The Kier molecular flexibility index (Phi) is 5.98. The molecule has 0 bridgehead atoms. The van der Waals surface area contributed by atoms with Crippen LogP contribution in [0.15, 0.2) is 42.1 Å². The predicted molar refractivity (Wildman–Crippen MR) is 106 cm³/mol. The molecule has 2 heterocycles. The van der Waals surface area contributed by atoms with Gasteiger partial charge in [-0.25, -0.2) is 0 Å². The van der Waals surface area contributed by atoms with Gasteiger partial charge in [-0.1, -0.05) is 35.5 Å². The summed E-state index contributed by atoms with van der Waals surface area (Å²) in [6.07, 6.45) is 4.02. The second-order valence-corrected chi connectivity index (χ2v) is 7.75. The van der Waals surface area contributed by atoms with Gasteiger partial charge >= 0.3 is 0 Å². The van der Waals surface area contributed by atoms with Gasteiger partial charge in [0.15, 0.2) is 5.16 Å². The number of hydrogen-bond donors (Lipinski definition) is 1. The Bertz CT molecular complexity index is 765. The monoisotopic (exact) mass is 371 g/mol. The molecule has 0 aliphatic carbocycles. The zero-order valence-corrected chi connectivity index (χ0v) is 16.1. The minimum atomic E-state index is -0.269. The summed E-state index contributed by atoms with van der Waals surface area (Å²) in [6, 6.07) is 8.31. The molecule has 1 amide bonds. The number of rotatable bonds is 7. The number of aromatic nitrogens is 3. The van der Waals surface area contributed by atoms with Gasteiger partial charge in [0.1, 0.15) is 0 Å². The number of carbonyl (C=O) groups excluding carboxylic acids is 1. The molecule has 1 N–H and O–H groups in total. The number of nitrogens with one attached hydrogen (secondary N) is 1. The van der Waals surface area contributed by atoms with Gasteiger partial charge in [0.25, 0.3) is 0 Å². The van der Waals surface area contributed by atoms with Crippen LogP contribution in [0.5, 0.6) is 0 Å². The average molecular weight is 372 g/mol. The van der Waals surface area contributed by atoms with E-state index in [1.807, 2.05) is 6.92 Å². The first-order chi connectivity index (χ1) is 12.6. The summed E-state index contributed by atoms with van der Waals surface area (Å²) in [5.74, 6) is 0.823. The Morgan fingerprint density at radius 3 is 2.65 bits per heavy atom. The number of carbonyl (C=O) groups is 1. The van der Waals surface area contributed by atoms with Gasteiger partial charge in [0.2, 0.25) is 11.9 Å². The third-order valence-electron chi connectivity index (χ3n) is 4.37. The Morgan fingerprint density at radius 2 is 2.00 bits per heavy atom. The lowest BCUT2D eigenvalue weighted by atomic mass is 10.2. The van der Waals surface area contributed by atoms with E-state index in [1.165, 1.54) is 30.2 Å². The smallest absolute Gasteiger partial charge is 0.233 e. The Labute approximate surface area is 158 Å². The largest absolute Gasteiger partial charge is 0.352 e. The van der Waals surface area contributed by atoms with Crippen molar-refractivity contribution in [3.8, 4) is 5.69 Å². The minimum absolute atomic E-state index is 0.0314. The van der Waals surface area contributed by atoms with E-state index in [0.29, 0.717) is 6.54 Å². The molecule has 1 saturated heterocycles. The molecular weight excluding hydrogens is 346 g/mol. The van der Waals surface area contributed by atoms with Crippen LogP contribution in [-0.4, -0.2) is 45.6 Å². The first-order valence-electron chi connectivity index (χ1n) is 8.93. The molecule has 138 valence electrons. The molecule has 1 aliphatic rings. The van der Waals surface area contributed by atoms with Crippen molar-refractivity contribution in [2.45, 2.75) is 37.1 Å². The van der Waals surface area contributed by atoms with Crippen molar-refractivity contribution in [3.63, 3.8) is 0 Å². The van der Waals surface area contributed by atoms with Gasteiger partial charge in [0, 0.05) is 19.6 Å². The average Bonchev–Trinajstić information content (AvgIpc) is 3.30. The number of nitrogens with zero attached hydrogens (tertiary/aromatic N) is 4. The fourth-order valence-electron chi connectivity index (χ4n) is 2.91. The molecule has 6 nitrogen and oxygen atoms in total. The Morgan fingerprint density at radius 1 is 1.31 bits per heavy atom. The highest BCUT2D eigenvalue weighted by Crippen LogP contribution is 2.30. The quantitative estimate of drug-likeness (QED) is 0.599. The van der Waals surface area contributed by atoms with Crippen LogP contribution in [0.4, 0.5) is 5.95 Å². The van der Waals surface area contributed by atoms with Gasteiger partial charge in [-0.05, 0) is 38.8 Å². The SMILES string of the molecule is C=CCNC(=O)C(C)Sc1nnc(N2CCCC2)n1-c1ccc(C)cc1. The summed E-state index contributed by atoms with van der Waals surface area (Å²) in [5, 5.41) is 12.1. The van der Waals surface area contributed by atoms with Crippen LogP contribution >= 0.6 is 11.8 Å². The van der Waals surface area contributed by atoms with Crippen LogP contribution in [0.3, 0.4) is 0 Å². The predicted octanol–water partition coefficient (Wildman–Crippen LogP) is 2.96. The maximum absolute atomic E-state index is 12.2. The van der Waals surface area contributed by atoms with Crippen molar-refractivity contribution in [3.05, 3.63) is 42.5 Å². The summed E-state index contributed by atoms with van der Waals surface area (Å²) in [4.78, 5) is 14.5. The lowest BCUT2D eigenvalue weighted by Gasteiger charge is -2.19. The van der Waals surface area contributed by atoms with E-state index in [0.717, 1.165) is 29.9 Å². The van der Waals surface area contributed by atoms with E-state index in [4.69, 9.17) is 0 Å². The molecule has 1 aromatic carbocycles. The van der Waals surface area contributed by atoms with E-state index in [1.54, 1.807) is 6.08 Å². The van der Waals surface area contributed by atoms with Crippen molar-refractivity contribution in [2.75, 3.05) is 24.5 Å². The van der Waals surface area contributed by atoms with Crippen molar-refractivity contribution in [1.29, 1.82) is 0 Å². The first kappa shape index (κ1) is 18.5. The molecule has 1 aromatic heterocycles. The van der Waals surface area contributed by atoms with Crippen molar-refractivity contribution < 1.29 is 4.79 Å². The summed E-state index contributed by atoms with van der Waals surface area (Å²) in [6.45, 7) is 10.0. The number of hydrogen-bond acceptors (Lipinski definition) is 5. The van der Waals surface area contributed by atoms with Gasteiger partial charge in [0.05, 0.1) is 10.9 Å². The molecular formula is C19H25N5OS. The van der Waals surface area contributed by atoms with Gasteiger partial charge in [-0.15, -0.1) is 16.8 Å².